The zero-order chi connectivity index (χ0) is 17.6. The number of amides is 1. The normalized spacial score (nSPS) is 17.3. The molecule has 2 aromatic rings. The molecule has 2 heterocycles. The Kier molecular flexibility index (Phi) is 5.83. The number of methoxy groups -OCH3 is 1. The Hall–Kier alpha value is -2.18. The topological polar surface area (TPSA) is 50.6 Å². The van der Waals surface area contributed by atoms with Crippen LogP contribution in [0.5, 0.6) is 0 Å². The van der Waals surface area contributed by atoms with Gasteiger partial charge in [-0.25, -0.2) is 0 Å². The van der Waals surface area contributed by atoms with E-state index in [9.17, 15) is 4.79 Å². The number of benzene rings is 1. The fourth-order valence-electron chi connectivity index (χ4n) is 3.33. The van der Waals surface area contributed by atoms with E-state index in [2.05, 4.69) is 10.00 Å². The highest BCUT2D eigenvalue weighted by Gasteiger charge is 2.27. The second-order valence-corrected chi connectivity index (χ2v) is 6.50. The summed E-state index contributed by atoms with van der Waals surface area (Å²) in [5, 5.41) is 4.23. The second kappa shape index (κ2) is 8.27. The van der Waals surface area contributed by atoms with Gasteiger partial charge in [0.1, 0.15) is 0 Å². The highest BCUT2D eigenvalue weighted by Crippen LogP contribution is 2.20. The molecule has 0 aliphatic carbocycles. The Labute approximate surface area is 149 Å². The van der Waals surface area contributed by atoms with Crippen molar-refractivity contribution >= 4 is 5.91 Å². The molecule has 1 aromatic carbocycles. The molecule has 1 saturated heterocycles. The van der Waals surface area contributed by atoms with E-state index in [0.29, 0.717) is 0 Å². The third-order valence-electron chi connectivity index (χ3n) is 4.63. The van der Waals surface area contributed by atoms with Crippen molar-refractivity contribution in [2.24, 2.45) is 7.05 Å². The molecule has 1 aliphatic heterocycles. The van der Waals surface area contributed by atoms with Gasteiger partial charge in [-0.05, 0) is 12.0 Å². The molecule has 3 rings (SSSR count). The van der Waals surface area contributed by atoms with Gasteiger partial charge in [0.15, 0.2) is 6.10 Å². The molecule has 0 radical (unpaired) electrons. The monoisotopic (exact) mass is 342 g/mol. The van der Waals surface area contributed by atoms with Crippen LogP contribution in [-0.2, 0) is 23.1 Å². The summed E-state index contributed by atoms with van der Waals surface area (Å²) in [6.07, 6.45) is 4.40. The summed E-state index contributed by atoms with van der Waals surface area (Å²) >= 11 is 0. The zero-order valence-corrected chi connectivity index (χ0v) is 15.0. The van der Waals surface area contributed by atoms with Gasteiger partial charge in [0, 0.05) is 58.6 Å². The molecule has 25 heavy (non-hydrogen) atoms. The van der Waals surface area contributed by atoms with Crippen molar-refractivity contribution < 1.29 is 9.53 Å². The van der Waals surface area contributed by atoms with Gasteiger partial charge in [-0.3, -0.25) is 14.4 Å². The summed E-state index contributed by atoms with van der Waals surface area (Å²) < 4.78 is 7.33. The number of hydrogen-bond donors (Lipinski definition) is 0. The number of hydrogen-bond acceptors (Lipinski definition) is 4. The molecule has 0 saturated carbocycles. The number of ether oxygens (including phenoxy) is 1. The molecule has 6 nitrogen and oxygen atoms in total. The smallest absolute Gasteiger partial charge is 0.256 e. The van der Waals surface area contributed by atoms with Crippen LogP contribution in [0.15, 0.2) is 42.7 Å². The summed E-state index contributed by atoms with van der Waals surface area (Å²) in [4.78, 5) is 17.2. The molecule has 1 amide bonds. The summed E-state index contributed by atoms with van der Waals surface area (Å²) in [6, 6.07) is 9.71. The van der Waals surface area contributed by atoms with Crippen LogP contribution in [0.25, 0.3) is 0 Å². The first-order valence-electron chi connectivity index (χ1n) is 8.74. The molecule has 1 aliphatic rings. The van der Waals surface area contributed by atoms with Crippen molar-refractivity contribution in [3.8, 4) is 0 Å². The van der Waals surface area contributed by atoms with Crippen molar-refractivity contribution in [2.75, 3.05) is 33.3 Å². The Morgan fingerprint density at radius 1 is 1.20 bits per heavy atom. The number of nitrogens with zero attached hydrogens (tertiary/aromatic N) is 4. The lowest BCUT2D eigenvalue weighted by Crippen LogP contribution is -2.38. The van der Waals surface area contributed by atoms with E-state index in [1.807, 2.05) is 59.4 Å². The maximum absolute atomic E-state index is 12.9. The van der Waals surface area contributed by atoms with Crippen molar-refractivity contribution in [2.45, 2.75) is 19.1 Å². The summed E-state index contributed by atoms with van der Waals surface area (Å²) in [6.45, 7) is 4.23. The summed E-state index contributed by atoms with van der Waals surface area (Å²) in [5.74, 6) is 0.0527. The lowest BCUT2D eigenvalue weighted by molar-refractivity contribution is -0.142. The van der Waals surface area contributed by atoms with Crippen LogP contribution in [-0.4, -0.2) is 58.8 Å². The van der Waals surface area contributed by atoms with Crippen LogP contribution in [0.3, 0.4) is 0 Å². The second-order valence-electron chi connectivity index (χ2n) is 6.50. The number of carbonyl (C=O) groups is 1. The Morgan fingerprint density at radius 2 is 2.00 bits per heavy atom. The first-order valence-corrected chi connectivity index (χ1v) is 8.74. The highest BCUT2D eigenvalue weighted by molar-refractivity contribution is 5.82. The lowest BCUT2D eigenvalue weighted by atomic mass is 10.1. The minimum atomic E-state index is -0.522. The quantitative estimate of drug-likeness (QED) is 0.832. The number of aryl methyl sites for hydroxylation is 1. The third-order valence-corrected chi connectivity index (χ3v) is 4.63. The van der Waals surface area contributed by atoms with Gasteiger partial charge in [-0.15, -0.1) is 0 Å². The van der Waals surface area contributed by atoms with Crippen molar-refractivity contribution in [1.82, 2.24) is 19.6 Å². The predicted octanol–water partition coefficient (Wildman–Crippen LogP) is 1.84. The van der Waals surface area contributed by atoms with Gasteiger partial charge in [0.2, 0.25) is 0 Å². The van der Waals surface area contributed by atoms with Crippen LogP contribution in [0, 0.1) is 0 Å². The molecule has 0 N–H and O–H groups in total. The molecule has 0 unspecified atom stereocenters. The first kappa shape index (κ1) is 17.6. The van der Waals surface area contributed by atoms with Crippen molar-refractivity contribution in [3.63, 3.8) is 0 Å². The minimum Gasteiger partial charge on any atom is -0.367 e. The van der Waals surface area contributed by atoms with Gasteiger partial charge >= 0.3 is 0 Å². The van der Waals surface area contributed by atoms with Gasteiger partial charge in [0.25, 0.3) is 5.91 Å². The Balaban J connectivity index is 1.61. The molecule has 6 heteroatoms. The summed E-state index contributed by atoms with van der Waals surface area (Å²) in [7, 11) is 3.53. The van der Waals surface area contributed by atoms with E-state index in [0.717, 1.165) is 44.7 Å². The molecular formula is C19H26N4O2. The number of aromatic nitrogens is 2. The maximum atomic E-state index is 12.9. The molecule has 0 bridgehead atoms. The predicted molar refractivity (Wildman–Crippen MR) is 95.9 cm³/mol. The van der Waals surface area contributed by atoms with Crippen LogP contribution in [0.1, 0.15) is 23.7 Å². The zero-order valence-electron chi connectivity index (χ0n) is 15.0. The van der Waals surface area contributed by atoms with Crippen molar-refractivity contribution in [1.29, 1.82) is 0 Å². The van der Waals surface area contributed by atoms with Crippen LogP contribution >= 0.6 is 0 Å². The Morgan fingerprint density at radius 3 is 2.68 bits per heavy atom. The van der Waals surface area contributed by atoms with Crippen LogP contribution < -0.4 is 0 Å². The molecule has 1 fully saturated rings. The fraction of sp³-hybridized carbons (Fsp3) is 0.474. The van der Waals surface area contributed by atoms with Gasteiger partial charge in [-0.1, -0.05) is 30.3 Å². The molecule has 134 valence electrons. The highest BCUT2D eigenvalue weighted by atomic mass is 16.5. The fourth-order valence-corrected chi connectivity index (χ4v) is 3.33. The average Bonchev–Trinajstić information content (AvgIpc) is 2.89. The standard InChI is InChI=1S/C19H26N4O2/c1-21-14-16(13-20-21)15-22-9-6-10-23(12-11-22)19(24)18(25-2)17-7-4-3-5-8-17/h3-5,7-8,13-14,18H,6,9-12,15H2,1-2H3/t18-/m0/s1. The molecular weight excluding hydrogens is 316 g/mol. The minimum absolute atomic E-state index is 0.0527. The van der Waals surface area contributed by atoms with E-state index in [1.165, 1.54) is 5.56 Å². The maximum Gasteiger partial charge on any atom is 0.256 e. The van der Waals surface area contributed by atoms with Gasteiger partial charge in [0.05, 0.1) is 6.20 Å². The van der Waals surface area contributed by atoms with Crippen LogP contribution in [0.4, 0.5) is 0 Å². The van der Waals surface area contributed by atoms with Gasteiger partial charge < -0.3 is 9.64 Å². The van der Waals surface area contributed by atoms with Gasteiger partial charge in [-0.2, -0.15) is 5.10 Å². The largest absolute Gasteiger partial charge is 0.367 e. The van der Waals surface area contributed by atoms with E-state index < -0.39 is 6.10 Å². The first-order chi connectivity index (χ1) is 12.2. The molecule has 1 aromatic heterocycles. The van der Waals surface area contributed by atoms with Crippen LogP contribution in [0.2, 0.25) is 0 Å². The SMILES string of the molecule is CO[C@H](C(=O)N1CCCN(Cc2cnn(C)c2)CC1)c1ccccc1. The number of carbonyl (C=O) groups excluding carboxylic acids is 1. The van der Waals surface area contributed by atoms with E-state index in [1.54, 1.807) is 7.11 Å². The molecule has 1 atom stereocenters. The molecule has 0 spiro atoms. The summed E-state index contributed by atoms with van der Waals surface area (Å²) in [5.41, 5.74) is 2.12. The average molecular weight is 342 g/mol. The van der Waals surface area contributed by atoms with E-state index in [4.69, 9.17) is 4.74 Å². The Bertz CT molecular complexity index is 686. The van der Waals surface area contributed by atoms with E-state index in [-0.39, 0.29) is 5.91 Å². The number of rotatable bonds is 5. The third kappa shape index (κ3) is 4.46. The van der Waals surface area contributed by atoms with Crippen molar-refractivity contribution in [3.05, 3.63) is 53.9 Å². The van der Waals surface area contributed by atoms with E-state index >= 15 is 0 Å². The lowest BCUT2D eigenvalue weighted by Gasteiger charge is -2.26.